The van der Waals surface area contributed by atoms with E-state index in [1.165, 1.54) is 5.56 Å². The fourth-order valence-corrected chi connectivity index (χ4v) is 1.82. The molecule has 0 aliphatic carbocycles. The van der Waals surface area contributed by atoms with E-state index in [0.29, 0.717) is 0 Å². The predicted octanol–water partition coefficient (Wildman–Crippen LogP) is 3.40. The number of hydrogen-bond acceptors (Lipinski definition) is 3. The van der Waals surface area contributed by atoms with E-state index in [-0.39, 0.29) is 11.0 Å². The van der Waals surface area contributed by atoms with E-state index in [1.807, 2.05) is 13.1 Å². The Morgan fingerprint density at radius 2 is 1.74 bits per heavy atom. The third-order valence-electron chi connectivity index (χ3n) is 3.42. The smallest absolute Gasteiger partial charge is 0.122 e. The Labute approximate surface area is 117 Å². The van der Waals surface area contributed by atoms with Gasteiger partial charge in [0.2, 0.25) is 0 Å². The molecule has 0 radical (unpaired) electrons. The third kappa shape index (κ3) is 4.43. The maximum atomic E-state index is 5.45. The molecule has 3 nitrogen and oxygen atoms in total. The Morgan fingerprint density at radius 1 is 1.11 bits per heavy atom. The number of methoxy groups -OCH3 is 1. The van der Waals surface area contributed by atoms with Crippen LogP contribution < -0.4 is 15.4 Å². The molecule has 108 valence electrons. The van der Waals surface area contributed by atoms with Crippen molar-refractivity contribution in [3.63, 3.8) is 0 Å². The van der Waals surface area contributed by atoms with Crippen molar-refractivity contribution in [2.45, 2.75) is 45.6 Å². The molecule has 0 aliphatic heterocycles. The monoisotopic (exact) mass is 264 g/mol. The summed E-state index contributed by atoms with van der Waals surface area (Å²) in [6, 6.07) is 6.29. The van der Waals surface area contributed by atoms with Crippen LogP contribution in [0.1, 0.15) is 40.2 Å². The van der Waals surface area contributed by atoms with Crippen LogP contribution >= 0.6 is 0 Å². The van der Waals surface area contributed by atoms with E-state index in [2.05, 4.69) is 57.4 Å². The SMILES string of the molecule is CNC(C)(C)CNc1ccc(OC)c(C(C)(C)C)c1. The zero-order valence-electron chi connectivity index (χ0n) is 13.3. The minimum Gasteiger partial charge on any atom is -0.496 e. The number of rotatable bonds is 5. The van der Waals surface area contributed by atoms with Crippen molar-refractivity contribution in [1.82, 2.24) is 5.32 Å². The van der Waals surface area contributed by atoms with Crippen molar-refractivity contribution in [1.29, 1.82) is 0 Å². The van der Waals surface area contributed by atoms with Gasteiger partial charge < -0.3 is 15.4 Å². The second-order valence-electron chi connectivity index (χ2n) is 6.65. The summed E-state index contributed by atoms with van der Waals surface area (Å²) in [6.45, 7) is 11.8. The van der Waals surface area contributed by atoms with Gasteiger partial charge in [0.25, 0.3) is 0 Å². The summed E-state index contributed by atoms with van der Waals surface area (Å²) >= 11 is 0. The van der Waals surface area contributed by atoms with Crippen LogP contribution in [0.2, 0.25) is 0 Å². The van der Waals surface area contributed by atoms with Crippen LogP contribution in [-0.2, 0) is 5.41 Å². The van der Waals surface area contributed by atoms with Crippen LogP contribution in [0.15, 0.2) is 18.2 Å². The van der Waals surface area contributed by atoms with Gasteiger partial charge in [-0.1, -0.05) is 20.8 Å². The highest BCUT2D eigenvalue weighted by Gasteiger charge is 2.20. The van der Waals surface area contributed by atoms with Crippen LogP contribution in [0.3, 0.4) is 0 Å². The lowest BCUT2D eigenvalue weighted by Crippen LogP contribution is -2.42. The summed E-state index contributed by atoms with van der Waals surface area (Å²) in [4.78, 5) is 0. The summed E-state index contributed by atoms with van der Waals surface area (Å²) < 4.78 is 5.45. The molecule has 0 saturated carbocycles. The molecule has 0 aromatic heterocycles. The Hall–Kier alpha value is -1.22. The summed E-state index contributed by atoms with van der Waals surface area (Å²) in [5, 5.41) is 6.77. The second kappa shape index (κ2) is 5.83. The molecule has 3 heteroatoms. The second-order valence-corrected chi connectivity index (χ2v) is 6.65. The van der Waals surface area contributed by atoms with Gasteiger partial charge in [-0.2, -0.15) is 0 Å². The zero-order valence-corrected chi connectivity index (χ0v) is 13.3. The molecule has 1 aromatic rings. The first-order valence-corrected chi connectivity index (χ1v) is 6.81. The van der Waals surface area contributed by atoms with E-state index in [0.717, 1.165) is 18.0 Å². The standard InChI is InChI=1S/C16H28N2O/c1-15(2,3)13-10-12(8-9-14(13)19-7)18-11-16(4,5)17-6/h8-10,17-18H,11H2,1-7H3. The van der Waals surface area contributed by atoms with Gasteiger partial charge in [-0.3, -0.25) is 0 Å². The Morgan fingerprint density at radius 3 is 2.21 bits per heavy atom. The highest BCUT2D eigenvalue weighted by molar-refractivity contribution is 5.53. The number of nitrogens with one attached hydrogen (secondary N) is 2. The molecule has 19 heavy (non-hydrogen) atoms. The van der Waals surface area contributed by atoms with Gasteiger partial charge >= 0.3 is 0 Å². The van der Waals surface area contributed by atoms with Crippen molar-refractivity contribution in [2.24, 2.45) is 0 Å². The minimum atomic E-state index is 0.0710. The largest absolute Gasteiger partial charge is 0.496 e. The van der Waals surface area contributed by atoms with E-state index in [1.54, 1.807) is 7.11 Å². The molecule has 0 fully saturated rings. The molecule has 1 rings (SSSR count). The normalized spacial score (nSPS) is 12.4. The van der Waals surface area contributed by atoms with Gasteiger partial charge in [-0.25, -0.2) is 0 Å². The highest BCUT2D eigenvalue weighted by Crippen LogP contribution is 2.33. The van der Waals surface area contributed by atoms with Crippen LogP contribution in [0.25, 0.3) is 0 Å². The van der Waals surface area contributed by atoms with Gasteiger partial charge in [-0.05, 0) is 44.5 Å². The number of likely N-dealkylation sites (N-methyl/N-ethyl adjacent to an activating group) is 1. The lowest BCUT2D eigenvalue weighted by atomic mass is 9.86. The molecular formula is C16H28N2O. The van der Waals surface area contributed by atoms with Gasteiger partial charge in [0, 0.05) is 23.3 Å². The van der Waals surface area contributed by atoms with E-state index in [9.17, 15) is 0 Å². The van der Waals surface area contributed by atoms with Crippen LogP contribution in [0.4, 0.5) is 5.69 Å². The van der Waals surface area contributed by atoms with Gasteiger partial charge in [-0.15, -0.1) is 0 Å². The Bertz CT molecular complexity index is 419. The number of benzene rings is 1. The van der Waals surface area contributed by atoms with E-state index >= 15 is 0 Å². The number of anilines is 1. The molecule has 1 aromatic carbocycles. The molecule has 0 aliphatic rings. The summed E-state index contributed by atoms with van der Waals surface area (Å²) in [5.41, 5.74) is 2.50. The summed E-state index contributed by atoms with van der Waals surface area (Å²) in [6.07, 6.45) is 0. The summed E-state index contributed by atoms with van der Waals surface area (Å²) in [7, 11) is 3.71. The maximum absolute atomic E-state index is 5.45. The average Bonchev–Trinajstić information content (AvgIpc) is 2.35. The van der Waals surface area contributed by atoms with Crippen LogP contribution in [-0.4, -0.2) is 26.2 Å². The topological polar surface area (TPSA) is 33.3 Å². The molecule has 0 heterocycles. The Kier molecular flexibility index (Phi) is 4.86. The predicted molar refractivity (Wildman–Crippen MR) is 83.3 cm³/mol. The molecule has 0 saturated heterocycles. The van der Waals surface area contributed by atoms with Crippen molar-refractivity contribution >= 4 is 5.69 Å². The number of hydrogen-bond donors (Lipinski definition) is 2. The van der Waals surface area contributed by atoms with Crippen LogP contribution in [0, 0.1) is 0 Å². The van der Waals surface area contributed by atoms with Gasteiger partial charge in [0.1, 0.15) is 5.75 Å². The van der Waals surface area contributed by atoms with E-state index < -0.39 is 0 Å². The lowest BCUT2D eigenvalue weighted by molar-refractivity contribution is 0.397. The molecule has 0 unspecified atom stereocenters. The van der Waals surface area contributed by atoms with E-state index in [4.69, 9.17) is 4.74 Å². The average molecular weight is 264 g/mol. The van der Waals surface area contributed by atoms with Gasteiger partial charge in [0.05, 0.1) is 7.11 Å². The molecule has 0 bridgehead atoms. The maximum Gasteiger partial charge on any atom is 0.122 e. The molecule has 0 amide bonds. The van der Waals surface area contributed by atoms with Crippen molar-refractivity contribution in [2.75, 3.05) is 26.0 Å². The van der Waals surface area contributed by atoms with Crippen LogP contribution in [0.5, 0.6) is 5.75 Å². The summed E-state index contributed by atoms with van der Waals surface area (Å²) in [5.74, 6) is 0.950. The lowest BCUT2D eigenvalue weighted by Gasteiger charge is -2.26. The highest BCUT2D eigenvalue weighted by atomic mass is 16.5. The Balaban J connectivity index is 2.93. The quantitative estimate of drug-likeness (QED) is 0.855. The van der Waals surface area contributed by atoms with Crippen molar-refractivity contribution in [3.8, 4) is 5.75 Å². The minimum absolute atomic E-state index is 0.0710. The number of ether oxygens (including phenoxy) is 1. The van der Waals surface area contributed by atoms with Gasteiger partial charge in [0.15, 0.2) is 0 Å². The zero-order chi connectivity index (χ0) is 14.7. The first-order valence-electron chi connectivity index (χ1n) is 6.81. The van der Waals surface area contributed by atoms with Crippen molar-refractivity contribution < 1.29 is 4.74 Å². The van der Waals surface area contributed by atoms with Crippen molar-refractivity contribution in [3.05, 3.63) is 23.8 Å². The molecule has 0 spiro atoms. The first kappa shape index (κ1) is 15.8. The first-order chi connectivity index (χ1) is 8.69. The molecule has 0 atom stereocenters. The molecule has 2 N–H and O–H groups in total. The molecular weight excluding hydrogens is 236 g/mol. The third-order valence-corrected chi connectivity index (χ3v) is 3.42. The fourth-order valence-electron chi connectivity index (χ4n) is 1.82. The fraction of sp³-hybridized carbons (Fsp3) is 0.625.